The molecule has 0 bridgehead atoms. The van der Waals surface area contributed by atoms with E-state index in [9.17, 15) is 0 Å². The van der Waals surface area contributed by atoms with Gasteiger partial charge in [0.25, 0.3) is 6.71 Å². The van der Waals surface area contributed by atoms with Crippen molar-refractivity contribution in [2.75, 3.05) is 9.80 Å². The molecular formula is C43H31B3N2. The summed E-state index contributed by atoms with van der Waals surface area (Å²) >= 11 is 0. The number of benzene rings is 6. The molecule has 0 spiro atoms. The van der Waals surface area contributed by atoms with Gasteiger partial charge in [0.1, 0.15) is 0 Å². The van der Waals surface area contributed by atoms with Crippen LogP contribution in [0.15, 0.2) is 192 Å². The maximum atomic E-state index is 5.02. The molecule has 5 heteroatoms. The molecule has 0 amide bonds. The van der Waals surface area contributed by atoms with Gasteiger partial charge < -0.3 is 9.80 Å². The zero-order chi connectivity index (χ0) is 31.9. The molecule has 0 saturated heterocycles. The highest BCUT2D eigenvalue weighted by molar-refractivity contribution is 6.98. The second-order valence-corrected chi connectivity index (χ2v) is 13.3. The monoisotopic (exact) mass is 608 g/mol. The van der Waals surface area contributed by atoms with E-state index >= 15 is 0 Å². The number of para-hydroxylation sites is 4. The van der Waals surface area contributed by atoms with Crippen molar-refractivity contribution in [3.8, 4) is 0 Å². The van der Waals surface area contributed by atoms with Crippen molar-refractivity contribution in [1.82, 2.24) is 0 Å². The van der Waals surface area contributed by atoms with Gasteiger partial charge in [-0.15, -0.1) is 6.58 Å². The summed E-state index contributed by atoms with van der Waals surface area (Å²) in [5.74, 6) is 0. The molecule has 2 nitrogen and oxygen atoms in total. The third kappa shape index (κ3) is 3.67. The van der Waals surface area contributed by atoms with Gasteiger partial charge in [-0.05, 0) is 58.5 Å². The summed E-state index contributed by atoms with van der Waals surface area (Å²) in [6.07, 6.45) is 0. The fourth-order valence-electron chi connectivity index (χ4n) is 9.09. The normalized spacial score (nSPS) is 15.7. The van der Waals surface area contributed by atoms with Gasteiger partial charge >= 0.3 is 0 Å². The molecule has 0 N–H and O–H groups in total. The van der Waals surface area contributed by atoms with E-state index in [-0.39, 0.29) is 20.1 Å². The minimum Gasteiger partial charge on any atom is -0.313 e. The molecule has 4 aliphatic heterocycles. The Kier molecular flexibility index (Phi) is 5.96. The van der Waals surface area contributed by atoms with Gasteiger partial charge in [-0.3, -0.25) is 0 Å². The molecule has 48 heavy (non-hydrogen) atoms. The average Bonchev–Trinajstić information content (AvgIpc) is 3.15. The van der Waals surface area contributed by atoms with Crippen LogP contribution in [0.1, 0.15) is 6.92 Å². The second kappa shape index (κ2) is 10.4. The number of hydrogen-bond donors (Lipinski definition) is 0. The summed E-state index contributed by atoms with van der Waals surface area (Å²) in [5.41, 5.74) is 19.2. The quantitative estimate of drug-likeness (QED) is 0.238. The molecule has 0 unspecified atom stereocenters. The summed E-state index contributed by atoms with van der Waals surface area (Å²) in [7, 11) is 0. The molecule has 4 heterocycles. The first-order chi connectivity index (χ1) is 23.7. The largest absolute Gasteiger partial charge is 0.313 e. The Bertz CT molecular complexity index is 2360. The minimum absolute atomic E-state index is 0.0411. The molecule has 10 rings (SSSR count). The van der Waals surface area contributed by atoms with E-state index in [1.165, 1.54) is 77.9 Å². The second-order valence-electron chi connectivity index (χ2n) is 13.3. The first-order valence-corrected chi connectivity index (χ1v) is 16.9. The number of allylic oxidation sites excluding steroid dienone is 3. The van der Waals surface area contributed by atoms with Crippen LogP contribution in [0.4, 0.5) is 22.7 Å². The van der Waals surface area contributed by atoms with Crippen molar-refractivity contribution in [3.63, 3.8) is 0 Å². The Hall–Kier alpha value is -5.67. The van der Waals surface area contributed by atoms with E-state index in [2.05, 4.69) is 174 Å². The lowest BCUT2D eigenvalue weighted by atomic mass is 9.27. The van der Waals surface area contributed by atoms with E-state index < -0.39 is 0 Å². The minimum atomic E-state index is 0.0411. The Morgan fingerprint density at radius 3 is 1.23 bits per heavy atom. The van der Waals surface area contributed by atoms with E-state index in [4.69, 9.17) is 6.58 Å². The molecule has 0 atom stereocenters. The summed E-state index contributed by atoms with van der Waals surface area (Å²) in [6, 6.07) is 58.0. The first-order valence-electron chi connectivity index (χ1n) is 16.9. The van der Waals surface area contributed by atoms with Crippen molar-refractivity contribution in [3.05, 3.63) is 192 Å². The SMILES string of the molecule is C=C1B(c2ccccc2)c2ccccc2N2C1=C1B(c3ccccc3N3C1=C(C)B(c1ccccc1)c1ccccc13)c1ccccc12. The van der Waals surface area contributed by atoms with Crippen molar-refractivity contribution in [2.24, 2.45) is 0 Å². The summed E-state index contributed by atoms with van der Waals surface area (Å²) in [4.78, 5) is 5.10. The third-order valence-corrected chi connectivity index (χ3v) is 10.9. The average molecular weight is 608 g/mol. The van der Waals surface area contributed by atoms with Gasteiger partial charge in [0.15, 0.2) is 0 Å². The number of anilines is 4. The van der Waals surface area contributed by atoms with Crippen LogP contribution in [0.3, 0.4) is 0 Å². The van der Waals surface area contributed by atoms with Gasteiger partial charge in [-0.25, -0.2) is 0 Å². The molecule has 0 aliphatic carbocycles. The van der Waals surface area contributed by atoms with Gasteiger partial charge in [0, 0.05) is 34.1 Å². The van der Waals surface area contributed by atoms with Crippen LogP contribution in [0.2, 0.25) is 0 Å². The molecule has 0 aromatic heterocycles. The molecule has 0 saturated carbocycles. The zero-order valence-corrected chi connectivity index (χ0v) is 26.8. The fraction of sp³-hybridized carbons (Fsp3) is 0.0233. The lowest BCUT2D eigenvalue weighted by Crippen LogP contribution is -2.62. The third-order valence-electron chi connectivity index (χ3n) is 10.9. The lowest BCUT2D eigenvalue weighted by Gasteiger charge is -2.51. The number of rotatable bonds is 2. The van der Waals surface area contributed by atoms with Crippen molar-refractivity contribution < 1.29 is 0 Å². The maximum absolute atomic E-state index is 5.02. The van der Waals surface area contributed by atoms with Crippen LogP contribution in [-0.2, 0) is 0 Å². The standard InChI is InChI=1S/C43H31B3N2/c1-29-42-41-43-30(2)45(32-19-7-4-8-20-32)34-22-10-14-26-38(34)48(43)40-28-16-12-24-36(40)46(41)35-23-11-15-27-39(35)47(42)37-25-13-9-21-33(37)44(29)31-17-5-3-6-18-31/h3-28H,1H2,2H3. The maximum Gasteiger partial charge on any atom is 0.252 e. The van der Waals surface area contributed by atoms with Gasteiger partial charge in [-0.2, -0.15) is 0 Å². The van der Waals surface area contributed by atoms with E-state index in [1.807, 2.05) is 0 Å². The van der Waals surface area contributed by atoms with Crippen LogP contribution < -0.4 is 42.6 Å². The molecule has 6 aromatic rings. The van der Waals surface area contributed by atoms with E-state index in [1.54, 1.807) is 0 Å². The smallest absolute Gasteiger partial charge is 0.252 e. The van der Waals surface area contributed by atoms with Crippen LogP contribution in [-0.4, -0.2) is 20.1 Å². The Labute approximate surface area is 283 Å². The van der Waals surface area contributed by atoms with E-state index in [0.717, 1.165) is 5.47 Å². The molecule has 4 aliphatic rings. The zero-order valence-electron chi connectivity index (χ0n) is 26.8. The molecule has 0 fully saturated rings. The van der Waals surface area contributed by atoms with Gasteiger partial charge in [0.2, 0.25) is 13.4 Å². The summed E-state index contributed by atoms with van der Waals surface area (Å²) in [5, 5.41) is 0. The number of fused-ring (bicyclic) bond motifs is 14. The topological polar surface area (TPSA) is 6.48 Å². The lowest BCUT2D eigenvalue weighted by molar-refractivity contribution is 1.10. The molecule has 6 aromatic carbocycles. The van der Waals surface area contributed by atoms with Crippen molar-refractivity contribution in [1.29, 1.82) is 0 Å². The fourth-order valence-corrected chi connectivity index (χ4v) is 9.09. The van der Waals surface area contributed by atoms with Crippen LogP contribution >= 0.6 is 0 Å². The van der Waals surface area contributed by atoms with Crippen molar-refractivity contribution in [2.45, 2.75) is 6.92 Å². The number of hydrogen-bond acceptors (Lipinski definition) is 2. The highest BCUT2D eigenvalue weighted by Gasteiger charge is 2.51. The molecular weight excluding hydrogens is 577 g/mol. The van der Waals surface area contributed by atoms with E-state index in [0.29, 0.717) is 0 Å². The molecule has 0 radical (unpaired) electrons. The highest BCUT2D eigenvalue weighted by Crippen LogP contribution is 2.49. The Morgan fingerprint density at radius 1 is 0.396 bits per heavy atom. The Morgan fingerprint density at radius 2 is 0.750 bits per heavy atom. The van der Waals surface area contributed by atoms with Crippen LogP contribution in [0.25, 0.3) is 0 Å². The molecule has 222 valence electrons. The highest BCUT2D eigenvalue weighted by atomic mass is 15.2. The Balaban J connectivity index is 1.37. The van der Waals surface area contributed by atoms with Crippen LogP contribution in [0, 0.1) is 0 Å². The summed E-state index contributed by atoms with van der Waals surface area (Å²) in [6.45, 7) is 7.62. The summed E-state index contributed by atoms with van der Waals surface area (Å²) < 4.78 is 0. The van der Waals surface area contributed by atoms with Crippen LogP contribution in [0.5, 0.6) is 0 Å². The van der Waals surface area contributed by atoms with Gasteiger partial charge in [0.05, 0.1) is 0 Å². The first kappa shape index (κ1) is 27.4. The number of nitrogens with zero attached hydrogens (tertiary/aromatic N) is 2. The van der Waals surface area contributed by atoms with Gasteiger partial charge in [-0.1, -0.05) is 155 Å². The predicted molar refractivity (Wildman–Crippen MR) is 207 cm³/mol. The van der Waals surface area contributed by atoms with Crippen molar-refractivity contribution >= 4 is 75.7 Å². The predicted octanol–water partition coefficient (Wildman–Crippen LogP) is 5.55.